The number of hydrogen-bond acceptors (Lipinski definition) is 2. The van der Waals surface area contributed by atoms with Gasteiger partial charge < -0.3 is 10.2 Å². The summed E-state index contributed by atoms with van der Waals surface area (Å²) in [5.74, 6) is -0.286. The molecule has 2 rings (SSSR count). The second kappa shape index (κ2) is 3.20. The monoisotopic (exact) mass is 184 g/mol. The SMILES string of the molecule is FCCN1CNc2ccc(F)cc21. The molecule has 13 heavy (non-hydrogen) atoms. The number of halogens is 2. The number of hydrogen-bond donors (Lipinski definition) is 1. The van der Waals surface area contributed by atoms with Gasteiger partial charge in [0.15, 0.2) is 0 Å². The number of rotatable bonds is 2. The first kappa shape index (κ1) is 8.29. The Morgan fingerprint density at radius 2 is 2.31 bits per heavy atom. The van der Waals surface area contributed by atoms with Crippen LogP contribution in [0.4, 0.5) is 20.2 Å². The summed E-state index contributed by atoms with van der Waals surface area (Å²) in [4.78, 5) is 1.78. The van der Waals surface area contributed by atoms with Crippen LogP contribution >= 0.6 is 0 Å². The molecule has 1 aliphatic rings. The molecule has 0 aromatic heterocycles. The molecule has 1 aromatic rings. The number of alkyl halides is 1. The summed E-state index contributed by atoms with van der Waals surface area (Å²) >= 11 is 0. The van der Waals surface area contributed by atoms with Gasteiger partial charge in [0.25, 0.3) is 0 Å². The van der Waals surface area contributed by atoms with E-state index in [1.807, 2.05) is 0 Å². The van der Waals surface area contributed by atoms with Gasteiger partial charge in [0.2, 0.25) is 0 Å². The highest BCUT2D eigenvalue weighted by Crippen LogP contribution is 2.31. The second-order valence-electron chi connectivity index (χ2n) is 2.95. The molecule has 0 unspecified atom stereocenters. The molecule has 0 spiro atoms. The number of benzene rings is 1. The Hall–Kier alpha value is -1.32. The average molecular weight is 184 g/mol. The molecule has 0 radical (unpaired) electrons. The minimum absolute atomic E-state index is 0.286. The van der Waals surface area contributed by atoms with Gasteiger partial charge in [0.1, 0.15) is 12.5 Å². The molecule has 1 heterocycles. The van der Waals surface area contributed by atoms with Crippen molar-refractivity contribution in [2.75, 3.05) is 30.1 Å². The van der Waals surface area contributed by atoms with Crippen LogP contribution in [0.2, 0.25) is 0 Å². The smallest absolute Gasteiger partial charge is 0.125 e. The summed E-state index contributed by atoms with van der Waals surface area (Å²) in [5, 5.41) is 3.05. The van der Waals surface area contributed by atoms with Gasteiger partial charge >= 0.3 is 0 Å². The van der Waals surface area contributed by atoms with Crippen LogP contribution in [0, 0.1) is 5.82 Å². The third-order valence-electron chi connectivity index (χ3n) is 2.12. The van der Waals surface area contributed by atoms with Crippen molar-refractivity contribution in [2.45, 2.75) is 0 Å². The summed E-state index contributed by atoms with van der Waals surface area (Å²) < 4.78 is 24.9. The minimum Gasteiger partial charge on any atom is -0.366 e. The van der Waals surface area contributed by atoms with E-state index in [-0.39, 0.29) is 5.82 Å². The van der Waals surface area contributed by atoms with Crippen LogP contribution in [0.1, 0.15) is 0 Å². The Kier molecular flexibility index (Phi) is 2.04. The molecule has 4 heteroatoms. The molecule has 0 atom stereocenters. The van der Waals surface area contributed by atoms with E-state index in [1.54, 1.807) is 11.0 Å². The van der Waals surface area contributed by atoms with Crippen molar-refractivity contribution in [1.29, 1.82) is 0 Å². The maximum Gasteiger partial charge on any atom is 0.125 e. The first-order valence-electron chi connectivity index (χ1n) is 4.15. The third kappa shape index (κ3) is 1.43. The standard InChI is InChI=1S/C9H10F2N2/c10-3-4-13-6-12-8-2-1-7(11)5-9(8)13/h1-2,5,12H,3-4,6H2. The molecule has 2 nitrogen and oxygen atoms in total. The molecule has 1 aromatic carbocycles. The number of nitrogens with zero attached hydrogens (tertiary/aromatic N) is 1. The zero-order valence-corrected chi connectivity index (χ0v) is 7.06. The normalized spacial score (nSPS) is 14.2. The minimum atomic E-state index is -0.419. The zero-order valence-electron chi connectivity index (χ0n) is 7.06. The summed E-state index contributed by atoms with van der Waals surface area (Å²) in [6.45, 7) is 0.448. The molecule has 0 amide bonds. The van der Waals surface area contributed by atoms with Crippen molar-refractivity contribution in [3.63, 3.8) is 0 Å². The van der Waals surface area contributed by atoms with Gasteiger partial charge in [0.05, 0.1) is 18.0 Å². The molecule has 70 valence electrons. The number of anilines is 2. The van der Waals surface area contributed by atoms with Crippen LogP contribution in [-0.4, -0.2) is 19.9 Å². The lowest BCUT2D eigenvalue weighted by Crippen LogP contribution is -2.24. The van der Waals surface area contributed by atoms with Crippen molar-refractivity contribution in [1.82, 2.24) is 0 Å². The summed E-state index contributed by atoms with van der Waals surface area (Å²) in [5.41, 5.74) is 1.62. The lowest BCUT2D eigenvalue weighted by Gasteiger charge is -2.15. The summed E-state index contributed by atoms with van der Waals surface area (Å²) in [6.07, 6.45) is 0. The zero-order chi connectivity index (χ0) is 9.26. The summed E-state index contributed by atoms with van der Waals surface area (Å²) in [6, 6.07) is 4.48. The molecule has 0 aliphatic carbocycles. The Balaban J connectivity index is 2.29. The average Bonchev–Trinajstić information content (AvgIpc) is 2.49. The number of nitrogens with one attached hydrogen (secondary N) is 1. The molecule has 0 saturated heterocycles. The van der Waals surface area contributed by atoms with Crippen LogP contribution in [0.15, 0.2) is 18.2 Å². The van der Waals surface area contributed by atoms with Crippen LogP contribution in [0.3, 0.4) is 0 Å². The topological polar surface area (TPSA) is 15.3 Å². The lowest BCUT2D eigenvalue weighted by molar-refractivity contribution is 0.494. The Morgan fingerprint density at radius 3 is 3.08 bits per heavy atom. The van der Waals surface area contributed by atoms with E-state index in [0.717, 1.165) is 11.4 Å². The van der Waals surface area contributed by atoms with Gasteiger partial charge in [-0.15, -0.1) is 0 Å². The Labute approximate surface area is 75.2 Å². The van der Waals surface area contributed by atoms with E-state index in [2.05, 4.69) is 5.32 Å². The fraction of sp³-hybridized carbons (Fsp3) is 0.333. The highest BCUT2D eigenvalue weighted by molar-refractivity contribution is 5.74. The van der Waals surface area contributed by atoms with E-state index in [1.165, 1.54) is 12.1 Å². The second-order valence-corrected chi connectivity index (χ2v) is 2.95. The van der Waals surface area contributed by atoms with Gasteiger partial charge in [-0.2, -0.15) is 0 Å². The molecule has 0 bridgehead atoms. The molecular weight excluding hydrogens is 174 g/mol. The van der Waals surface area contributed by atoms with Gasteiger partial charge in [-0.3, -0.25) is 0 Å². The maximum atomic E-state index is 12.8. The molecule has 0 saturated carbocycles. The van der Waals surface area contributed by atoms with E-state index in [4.69, 9.17) is 0 Å². The van der Waals surface area contributed by atoms with Gasteiger partial charge in [-0.1, -0.05) is 0 Å². The number of fused-ring (bicyclic) bond motifs is 1. The first-order valence-corrected chi connectivity index (χ1v) is 4.15. The summed E-state index contributed by atoms with van der Waals surface area (Å²) in [7, 11) is 0. The van der Waals surface area contributed by atoms with Gasteiger partial charge in [-0.05, 0) is 18.2 Å². The quantitative estimate of drug-likeness (QED) is 0.756. The Morgan fingerprint density at radius 1 is 1.46 bits per heavy atom. The van der Waals surface area contributed by atoms with Crippen molar-refractivity contribution in [3.05, 3.63) is 24.0 Å². The van der Waals surface area contributed by atoms with E-state index >= 15 is 0 Å². The van der Waals surface area contributed by atoms with Crippen LogP contribution in [0.25, 0.3) is 0 Å². The van der Waals surface area contributed by atoms with Crippen molar-refractivity contribution >= 4 is 11.4 Å². The maximum absolute atomic E-state index is 12.8. The molecule has 1 N–H and O–H groups in total. The van der Waals surface area contributed by atoms with Crippen LogP contribution in [0.5, 0.6) is 0 Å². The van der Waals surface area contributed by atoms with Crippen LogP contribution < -0.4 is 10.2 Å². The van der Waals surface area contributed by atoms with Gasteiger partial charge in [0, 0.05) is 6.54 Å². The fourth-order valence-electron chi connectivity index (χ4n) is 1.48. The third-order valence-corrected chi connectivity index (χ3v) is 2.12. The van der Waals surface area contributed by atoms with E-state index in [9.17, 15) is 8.78 Å². The van der Waals surface area contributed by atoms with Gasteiger partial charge in [-0.25, -0.2) is 8.78 Å². The fourth-order valence-corrected chi connectivity index (χ4v) is 1.48. The highest BCUT2D eigenvalue weighted by atomic mass is 19.1. The lowest BCUT2D eigenvalue weighted by atomic mass is 10.2. The van der Waals surface area contributed by atoms with Crippen LogP contribution in [-0.2, 0) is 0 Å². The van der Waals surface area contributed by atoms with Crippen molar-refractivity contribution in [2.24, 2.45) is 0 Å². The Bertz CT molecular complexity index is 312. The predicted molar refractivity (Wildman–Crippen MR) is 48.2 cm³/mol. The molecule has 0 fully saturated rings. The largest absolute Gasteiger partial charge is 0.366 e. The highest BCUT2D eigenvalue weighted by Gasteiger charge is 2.17. The first-order chi connectivity index (χ1) is 6.31. The van der Waals surface area contributed by atoms with E-state index < -0.39 is 6.67 Å². The van der Waals surface area contributed by atoms with E-state index in [0.29, 0.717) is 13.2 Å². The van der Waals surface area contributed by atoms with Crippen molar-refractivity contribution < 1.29 is 8.78 Å². The molecular formula is C9H10F2N2. The molecule has 1 aliphatic heterocycles. The van der Waals surface area contributed by atoms with Crippen molar-refractivity contribution in [3.8, 4) is 0 Å². The predicted octanol–water partition coefficient (Wildman–Crippen LogP) is 1.98.